The van der Waals surface area contributed by atoms with Gasteiger partial charge in [0.05, 0.1) is 0 Å². The van der Waals surface area contributed by atoms with E-state index in [1.54, 1.807) is 0 Å². The van der Waals surface area contributed by atoms with Crippen molar-refractivity contribution in [1.82, 2.24) is 0 Å². The normalized spacial score (nSPS) is 22.3. The molecular formula is C18H30O3. The molecule has 1 N–H and O–H groups in total. The Balaban J connectivity index is 3.05. The van der Waals surface area contributed by atoms with Gasteiger partial charge >= 0.3 is 0 Å². The third-order valence-electron chi connectivity index (χ3n) is 3.74. The predicted octanol–water partition coefficient (Wildman–Crippen LogP) is 4.31. The molecule has 1 atom stereocenters. The zero-order chi connectivity index (χ0) is 16.3. The highest BCUT2D eigenvalue weighted by molar-refractivity contribution is 6.13. The van der Waals surface area contributed by atoms with Crippen molar-refractivity contribution >= 4 is 5.78 Å². The van der Waals surface area contributed by atoms with Crippen LogP contribution in [0.3, 0.4) is 0 Å². The molecular weight excluding hydrogens is 264 g/mol. The van der Waals surface area contributed by atoms with Gasteiger partial charge < -0.3 is 9.84 Å². The highest BCUT2D eigenvalue weighted by atomic mass is 16.5. The van der Waals surface area contributed by atoms with Crippen LogP contribution in [0.4, 0.5) is 0 Å². The lowest BCUT2D eigenvalue weighted by Gasteiger charge is -2.43. The Hall–Kier alpha value is -1.09. The van der Waals surface area contributed by atoms with Crippen LogP contribution in [0.5, 0.6) is 0 Å². The lowest BCUT2D eigenvalue weighted by Crippen LogP contribution is -2.54. The van der Waals surface area contributed by atoms with Crippen molar-refractivity contribution in [3.05, 3.63) is 23.5 Å². The molecule has 1 aliphatic carbocycles. The molecule has 21 heavy (non-hydrogen) atoms. The van der Waals surface area contributed by atoms with Gasteiger partial charge in [0.15, 0.2) is 0 Å². The van der Waals surface area contributed by atoms with E-state index < -0.39 is 11.2 Å². The smallest absolute Gasteiger partial charge is 0.206 e. The summed E-state index contributed by atoms with van der Waals surface area (Å²) in [7, 11) is 0. The summed E-state index contributed by atoms with van der Waals surface area (Å²) in [5, 5.41) is 10.8. The number of aliphatic hydroxyl groups is 1. The Kier molecular flexibility index (Phi) is 5.80. The quantitative estimate of drug-likeness (QED) is 0.679. The highest BCUT2D eigenvalue weighted by Gasteiger charge is 2.56. The fourth-order valence-corrected chi connectivity index (χ4v) is 2.49. The average molecular weight is 294 g/mol. The summed E-state index contributed by atoms with van der Waals surface area (Å²) < 4.78 is 5.92. The Morgan fingerprint density at radius 1 is 1.24 bits per heavy atom. The molecule has 3 heteroatoms. The number of ether oxygens (including phenoxy) is 1. The number of unbranched alkanes of at least 4 members (excludes halogenated alkanes) is 2. The second-order valence-corrected chi connectivity index (χ2v) is 6.87. The molecule has 0 spiro atoms. The predicted molar refractivity (Wildman–Crippen MR) is 86.0 cm³/mol. The summed E-state index contributed by atoms with van der Waals surface area (Å²) in [6.45, 7) is 13.9. The number of rotatable bonds is 8. The number of ketones is 1. The van der Waals surface area contributed by atoms with E-state index in [4.69, 9.17) is 4.74 Å². The molecule has 1 unspecified atom stereocenters. The van der Waals surface area contributed by atoms with Gasteiger partial charge in [0.1, 0.15) is 11.4 Å². The van der Waals surface area contributed by atoms with Crippen molar-refractivity contribution in [3.63, 3.8) is 0 Å². The number of Topliss-reactive ketones (excluding diaryl/α,β-unsaturated/α-hetero) is 1. The average Bonchev–Trinajstić information content (AvgIpc) is 2.41. The zero-order valence-electron chi connectivity index (χ0n) is 14.2. The minimum atomic E-state index is -1.59. The second-order valence-electron chi connectivity index (χ2n) is 6.87. The maximum Gasteiger partial charge on any atom is 0.206 e. The maximum atomic E-state index is 12.4. The van der Waals surface area contributed by atoms with Gasteiger partial charge in [-0.05, 0) is 52.0 Å². The number of carbonyl (C=O) groups is 1. The number of hydrogen-bond donors (Lipinski definition) is 1. The van der Waals surface area contributed by atoms with E-state index in [9.17, 15) is 9.90 Å². The SMILES string of the molecule is C=C(CCCC)C1(O)C(=O)C(CCCC)=C1OC(C)(C)C. The van der Waals surface area contributed by atoms with Gasteiger partial charge in [-0.25, -0.2) is 0 Å². The molecule has 1 aliphatic rings. The van der Waals surface area contributed by atoms with E-state index in [0.29, 0.717) is 29.7 Å². The molecule has 1 rings (SSSR count). The Bertz CT molecular complexity index is 440. The molecule has 0 amide bonds. The van der Waals surface area contributed by atoms with E-state index in [2.05, 4.69) is 20.4 Å². The third-order valence-corrected chi connectivity index (χ3v) is 3.74. The standard InChI is InChI=1S/C18H30O3/c1-7-9-11-13(3)18(20)15(19)14(12-10-8-2)16(18)21-17(4,5)6/h20H,3,7-12H2,1-2,4-6H3. The molecule has 0 aromatic rings. The summed E-state index contributed by atoms with van der Waals surface area (Å²) in [5.41, 5.74) is -0.821. The van der Waals surface area contributed by atoms with Crippen LogP contribution in [-0.4, -0.2) is 22.1 Å². The summed E-state index contributed by atoms with van der Waals surface area (Å²) in [5.74, 6) is 0.228. The molecule has 0 saturated heterocycles. The van der Waals surface area contributed by atoms with Gasteiger partial charge in [0, 0.05) is 5.57 Å². The molecule has 0 saturated carbocycles. The van der Waals surface area contributed by atoms with Crippen molar-refractivity contribution in [2.45, 2.75) is 84.3 Å². The van der Waals surface area contributed by atoms with E-state index >= 15 is 0 Å². The van der Waals surface area contributed by atoms with E-state index in [-0.39, 0.29) is 5.78 Å². The molecule has 0 aromatic heterocycles. The third kappa shape index (κ3) is 3.76. The first-order valence-corrected chi connectivity index (χ1v) is 8.06. The van der Waals surface area contributed by atoms with E-state index in [1.807, 2.05) is 20.8 Å². The fourth-order valence-electron chi connectivity index (χ4n) is 2.49. The second kappa shape index (κ2) is 6.78. The Labute approximate surface area is 129 Å². The van der Waals surface area contributed by atoms with Crippen molar-refractivity contribution in [1.29, 1.82) is 0 Å². The first-order chi connectivity index (χ1) is 9.68. The first kappa shape index (κ1) is 18.0. The molecule has 120 valence electrons. The summed E-state index contributed by atoms with van der Waals surface area (Å²) >= 11 is 0. The van der Waals surface area contributed by atoms with Crippen LogP contribution in [0.25, 0.3) is 0 Å². The molecule has 0 heterocycles. The van der Waals surface area contributed by atoms with Crippen molar-refractivity contribution in [2.24, 2.45) is 0 Å². The van der Waals surface area contributed by atoms with Gasteiger partial charge in [-0.15, -0.1) is 0 Å². The molecule has 0 aromatic carbocycles. The minimum Gasteiger partial charge on any atom is -0.488 e. The van der Waals surface area contributed by atoms with Crippen LogP contribution in [-0.2, 0) is 9.53 Å². The van der Waals surface area contributed by atoms with Gasteiger partial charge in [-0.2, -0.15) is 0 Å². The summed E-state index contributed by atoms with van der Waals surface area (Å²) in [6.07, 6.45) is 5.18. The number of hydrogen-bond acceptors (Lipinski definition) is 3. The molecule has 0 radical (unpaired) electrons. The van der Waals surface area contributed by atoms with Crippen LogP contribution in [0.1, 0.15) is 73.1 Å². The van der Waals surface area contributed by atoms with Gasteiger partial charge in [0.2, 0.25) is 11.4 Å². The Morgan fingerprint density at radius 3 is 2.29 bits per heavy atom. The van der Waals surface area contributed by atoms with Crippen LogP contribution in [0.15, 0.2) is 23.5 Å². The van der Waals surface area contributed by atoms with Crippen LogP contribution in [0, 0.1) is 0 Å². The summed E-state index contributed by atoms with van der Waals surface area (Å²) in [6, 6.07) is 0. The maximum absolute atomic E-state index is 12.4. The van der Waals surface area contributed by atoms with Crippen LogP contribution >= 0.6 is 0 Å². The van der Waals surface area contributed by atoms with Crippen molar-refractivity contribution < 1.29 is 14.6 Å². The molecule has 0 fully saturated rings. The van der Waals surface area contributed by atoms with Crippen molar-refractivity contribution in [2.75, 3.05) is 0 Å². The zero-order valence-corrected chi connectivity index (χ0v) is 14.2. The monoisotopic (exact) mass is 294 g/mol. The number of carbonyl (C=O) groups excluding carboxylic acids is 1. The van der Waals surface area contributed by atoms with Crippen LogP contribution in [0.2, 0.25) is 0 Å². The minimum absolute atomic E-state index is 0.212. The lowest BCUT2D eigenvalue weighted by atomic mass is 9.70. The van der Waals surface area contributed by atoms with E-state index in [1.165, 1.54) is 0 Å². The molecule has 0 aliphatic heterocycles. The van der Waals surface area contributed by atoms with Gasteiger partial charge in [-0.1, -0.05) is 33.3 Å². The highest BCUT2D eigenvalue weighted by Crippen LogP contribution is 2.45. The van der Waals surface area contributed by atoms with Crippen molar-refractivity contribution in [3.8, 4) is 0 Å². The molecule has 3 nitrogen and oxygen atoms in total. The Morgan fingerprint density at radius 2 is 1.81 bits per heavy atom. The lowest BCUT2D eigenvalue weighted by molar-refractivity contribution is -0.140. The fraction of sp³-hybridized carbons (Fsp3) is 0.722. The topological polar surface area (TPSA) is 46.5 Å². The first-order valence-electron chi connectivity index (χ1n) is 8.06. The molecule has 0 bridgehead atoms. The van der Waals surface area contributed by atoms with Gasteiger partial charge in [-0.3, -0.25) is 4.79 Å². The van der Waals surface area contributed by atoms with Gasteiger partial charge in [0.25, 0.3) is 0 Å². The van der Waals surface area contributed by atoms with E-state index in [0.717, 1.165) is 25.7 Å². The summed E-state index contributed by atoms with van der Waals surface area (Å²) in [4.78, 5) is 12.4. The largest absolute Gasteiger partial charge is 0.488 e. The van der Waals surface area contributed by atoms with Crippen LogP contribution < -0.4 is 0 Å².